The minimum Gasteiger partial charge on any atom is -0.323 e. The molecular formula is C10H13N5O4S2. The zero-order valence-corrected chi connectivity index (χ0v) is 12.5. The van der Waals surface area contributed by atoms with Gasteiger partial charge in [-0.3, -0.25) is 15.7 Å². The average molecular weight is 331 g/mol. The number of sulfonamides is 1. The Bertz CT molecular complexity index is 844. The number of aromatic amines is 1. The van der Waals surface area contributed by atoms with E-state index in [2.05, 4.69) is 20.3 Å². The van der Waals surface area contributed by atoms with Gasteiger partial charge in [-0.05, 0) is 18.2 Å². The maximum atomic E-state index is 12.3. The lowest BCUT2D eigenvalue weighted by atomic mass is 10.3. The van der Waals surface area contributed by atoms with Crippen LogP contribution in [0.1, 0.15) is 0 Å². The zero-order chi connectivity index (χ0) is 15.7. The normalized spacial score (nSPS) is 12.1. The molecule has 5 N–H and O–H groups in total. The summed E-state index contributed by atoms with van der Waals surface area (Å²) in [6.45, 7) is 0. The fourth-order valence-electron chi connectivity index (χ4n) is 1.59. The molecule has 0 fully saturated rings. The van der Waals surface area contributed by atoms with Crippen molar-refractivity contribution in [2.75, 3.05) is 16.4 Å². The van der Waals surface area contributed by atoms with Crippen molar-refractivity contribution in [2.45, 2.75) is 9.79 Å². The van der Waals surface area contributed by atoms with E-state index in [1.165, 1.54) is 24.5 Å². The second kappa shape index (κ2) is 5.35. The third kappa shape index (κ3) is 3.32. The van der Waals surface area contributed by atoms with Gasteiger partial charge in [-0.1, -0.05) is 0 Å². The fourth-order valence-corrected chi connectivity index (χ4v) is 3.54. The summed E-state index contributed by atoms with van der Waals surface area (Å²) in [4.78, 5) is -0.414. The third-order valence-corrected chi connectivity index (χ3v) is 5.11. The van der Waals surface area contributed by atoms with E-state index in [4.69, 9.17) is 5.84 Å². The van der Waals surface area contributed by atoms with Gasteiger partial charge in [0.05, 0.1) is 22.5 Å². The van der Waals surface area contributed by atoms with E-state index in [1.807, 2.05) is 0 Å². The van der Waals surface area contributed by atoms with E-state index in [1.54, 1.807) is 0 Å². The summed E-state index contributed by atoms with van der Waals surface area (Å²) in [5.41, 5.74) is 2.50. The van der Waals surface area contributed by atoms with Crippen LogP contribution in [-0.2, 0) is 19.9 Å². The number of hydrogen-bond donors (Lipinski definition) is 4. The standard InChI is InChI=1S/C10H13N5O4S2/c1-20(16,17)8-2-3-9(14-11)10(4-8)21(18,19)15-7-5-12-13-6-7/h2-6,14-15H,11H2,1H3,(H,12,13). The average Bonchev–Trinajstić information content (AvgIpc) is 2.89. The molecule has 0 amide bonds. The van der Waals surface area contributed by atoms with Gasteiger partial charge >= 0.3 is 0 Å². The largest absolute Gasteiger partial charge is 0.323 e. The van der Waals surface area contributed by atoms with Gasteiger partial charge < -0.3 is 5.43 Å². The van der Waals surface area contributed by atoms with Gasteiger partial charge in [0.25, 0.3) is 10.0 Å². The minimum atomic E-state index is -4.03. The first-order valence-corrected chi connectivity index (χ1v) is 8.94. The smallest absolute Gasteiger partial charge is 0.264 e. The highest BCUT2D eigenvalue weighted by Crippen LogP contribution is 2.26. The molecule has 21 heavy (non-hydrogen) atoms. The molecule has 11 heteroatoms. The Morgan fingerprint density at radius 2 is 1.95 bits per heavy atom. The SMILES string of the molecule is CS(=O)(=O)c1ccc(NN)c(S(=O)(=O)Nc2cn[nH]c2)c1. The van der Waals surface area contributed by atoms with Crippen LogP contribution < -0.4 is 16.0 Å². The second-order valence-corrected chi connectivity index (χ2v) is 7.83. The number of hydrazine groups is 1. The summed E-state index contributed by atoms with van der Waals surface area (Å²) >= 11 is 0. The minimum absolute atomic E-state index is 0.0680. The van der Waals surface area contributed by atoms with Crippen LogP contribution in [0.2, 0.25) is 0 Å². The van der Waals surface area contributed by atoms with Crippen molar-refractivity contribution in [2.24, 2.45) is 5.84 Å². The van der Waals surface area contributed by atoms with Crippen molar-refractivity contribution in [3.63, 3.8) is 0 Å². The number of rotatable bonds is 5. The molecule has 0 bridgehead atoms. The third-order valence-electron chi connectivity index (χ3n) is 2.58. The Labute approximate surface area is 121 Å². The van der Waals surface area contributed by atoms with Crippen LogP contribution in [0.3, 0.4) is 0 Å². The molecule has 1 aromatic carbocycles. The maximum Gasteiger partial charge on any atom is 0.264 e. The summed E-state index contributed by atoms with van der Waals surface area (Å²) in [5.74, 6) is 5.27. The molecule has 0 aliphatic carbocycles. The molecule has 2 aromatic rings. The van der Waals surface area contributed by atoms with E-state index in [-0.39, 0.29) is 21.2 Å². The van der Waals surface area contributed by atoms with E-state index in [0.717, 1.165) is 12.3 Å². The number of H-pyrrole nitrogens is 1. The van der Waals surface area contributed by atoms with Gasteiger partial charge in [-0.15, -0.1) is 0 Å². The lowest BCUT2D eigenvalue weighted by Crippen LogP contribution is -2.18. The fraction of sp³-hybridized carbons (Fsp3) is 0.100. The molecule has 0 aliphatic heterocycles. The number of nitrogen functional groups attached to an aromatic ring is 1. The highest BCUT2D eigenvalue weighted by molar-refractivity contribution is 7.93. The number of hydrogen-bond acceptors (Lipinski definition) is 7. The van der Waals surface area contributed by atoms with Crippen LogP contribution in [0.25, 0.3) is 0 Å². The molecule has 114 valence electrons. The molecule has 0 aliphatic rings. The Hall–Kier alpha value is -2.11. The summed E-state index contributed by atoms with van der Waals surface area (Å²) in [5, 5.41) is 6.07. The van der Waals surface area contributed by atoms with Crippen molar-refractivity contribution in [3.8, 4) is 0 Å². The first kappa shape index (κ1) is 15.3. The molecular weight excluding hydrogens is 318 g/mol. The Morgan fingerprint density at radius 1 is 1.24 bits per heavy atom. The number of sulfone groups is 1. The summed E-state index contributed by atoms with van der Waals surface area (Å²) in [6.07, 6.45) is 3.60. The van der Waals surface area contributed by atoms with Crippen molar-refractivity contribution < 1.29 is 16.8 Å². The van der Waals surface area contributed by atoms with Gasteiger partial charge in [-0.25, -0.2) is 16.8 Å². The van der Waals surface area contributed by atoms with E-state index in [9.17, 15) is 16.8 Å². The van der Waals surface area contributed by atoms with E-state index < -0.39 is 19.9 Å². The molecule has 9 nitrogen and oxygen atoms in total. The summed E-state index contributed by atoms with van der Waals surface area (Å²) < 4.78 is 50.0. The van der Waals surface area contributed by atoms with E-state index in [0.29, 0.717) is 0 Å². The van der Waals surface area contributed by atoms with Gasteiger partial charge in [0, 0.05) is 12.5 Å². The molecule has 0 atom stereocenters. The molecule has 2 rings (SSSR count). The first-order valence-electron chi connectivity index (χ1n) is 5.56. The van der Waals surface area contributed by atoms with Crippen LogP contribution in [0.15, 0.2) is 40.4 Å². The quantitative estimate of drug-likeness (QED) is 0.442. The van der Waals surface area contributed by atoms with Crippen molar-refractivity contribution in [1.82, 2.24) is 10.2 Å². The van der Waals surface area contributed by atoms with Crippen molar-refractivity contribution in [3.05, 3.63) is 30.6 Å². The van der Waals surface area contributed by atoms with Gasteiger partial charge in [0.2, 0.25) is 0 Å². The van der Waals surface area contributed by atoms with E-state index >= 15 is 0 Å². The summed E-state index contributed by atoms with van der Waals surface area (Å²) in [6, 6.07) is 3.58. The van der Waals surface area contributed by atoms with Crippen LogP contribution >= 0.6 is 0 Å². The van der Waals surface area contributed by atoms with Crippen molar-refractivity contribution >= 4 is 31.2 Å². The molecule has 0 spiro atoms. The predicted molar refractivity (Wildman–Crippen MR) is 76.8 cm³/mol. The maximum absolute atomic E-state index is 12.3. The van der Waals surface area contributed by atoms with Crippen molar-refractivity contribution in [1.29, 1.82) is 0 Å². The number of benzene rings is 1. The number of nitrogens with zero attached hydrogens (tertiary/aromatic N) is 1. The molecule has 1 aromatic heterocycles. The Morgan fingerprint density at radius 3 is 2.48 bits per heavy atom. The number of nitrogens with two attached hydrogens (primary N) is 1. The lowest BCUT2D eigenvalue weighted by molar-refractivity contribution is 0.600. The molecule has 0 saturated carbocycles. The lowest BCUT2D eigenvalue weighted by Gasteiger charge is -2.12. The molecule has 0 radical (unpaired) electrons. The Balaban J connectivity index is 2.55. The van der Waals surface area contributed by atoms with Gasteiger partial charge in [-0.2, -0.15) is 5.10 Å². The van der Waals surface area contributed by atoms with Gasteiger partial charge in [0.15, 0.2) is 9.84 Å². The van der Waals surface area contributed by atoms with Crippen LogP contribution in [-0.4, -0.2) is 33.3 Å². The summed E-state index contributed by atoms with van der Waals surface area (Å²) in [7, 11) is -7.58. The van der Waals surface area contributed by atoms with Crippen LogP contribution in [0, 0.1) is 0 Å². The van der Waals surface area contributed by atoms with Crippen LogP contribution in [0.4, 0.5) is 11.4 Å². The number of nitrogens with one attached hydrogen (secondary N) is 3. The first-order chi connectivity index (χ1) is 9.74. The topological polar surface area (TPSA) is 147 Å². The van der Waals surface area contributed by atoms with Gasteiger partial charge in [0.1, 0.15) is 4.90 Å². The molecule has 1 heterocycles. The zero-order valence-electron chi connectivity index (χ0n) is 10.9. The molecule has 0 unspecified atom stereocenters. The predicted octanol–water partition coefficient (Wildman–Crippen LogP) is -0.100. The molecule has 0 saturated heterocycles. The highest BCUT2D eigenvalue weighted by atomic mass is 32.2. The monoisotopic (exact) mass is 331 g/mol. The van der Waals surface area contributed by atoms with Crippen LogP contribution in [0.5, 0.6) is 0 Å². The Kier molecular flexibility index (Phi) is 3.89. The number of anilines is 2. The second-order valence-electron chi connectivity index (χ2n) is 4.17. The highest BCUT2D eigenvalue weighted by Gasteiger charge is 2.21. The number of aromatic nitrogens is 2.